The zero-order valence-electron chi connectivity index (χ0n) is 8.77. The number of thiophene rings is 1. The van der Waals surface area contributed by atoms with Gasteiger partial charge in [-0.25, -0.2) is 0 Å². The van der Waals surface area contributed by atoms with Gasteiger partial charge in [-0.15, -0.1) is 11.3 Å². The van der Waals surface area contributed by atoms with Crippen LogP contribution in [-0.4, -0.2) is 5.11 Å². The number of aliphatic hydroxyl groups is 1. The van der Waals surface area contributed by atoms with Crippen molar-refractivity contribution in [3.63, 3.8) is 0 Å². The number of nitrogens with two attached hydrogens (primary N) is 1. The summed E-state index contributed by atoms with van der Waals surface area (Å²) in [6.07, 6.45) is -0.651. The van der Waals surface area contributed by atoms with Gasteiger partial charge in [0.2, 0.25) is 0 Å². The van der Waals surface area contributed by atoms with Crippen molar-refractivity contribution in [3.8, 4) is 0 Å². The third kappa shape index (κ3) is 2.29. The highest BCUT2D eigenvalue weighted by Crippen LogP contribution is 2.31. The second kappa shape index (κ2) is 4.57. The van der Waals surface area contributed by atoms with Gasteiger partial charge in [-0.1, -0.05) is 15.9 Å². The van der Waals surface area contributed by atoms with Gasteiger partial charge in [0.1, 0.15) is 6.10 Å². The van der Waals surface area contributed by atoms with Gasteiger partial charge in [-0.2, -0.15) is 0 Å². The first-order chi connectivity index (χ1) is 7.58. The fourth-order valence-electron chi connectivity index (χ4n) is 1.57. The van der Waals surface area contributed by atoms with Gasteiger partial charge in [0.05, 0.1) is 0 Å². The molecule has 1 aromatic carbocycles. The van der Waals surface area contributed by atoms with Gasteiger partial charge in [0, 0.05) is 20.6 Å². The number of halogens is 1. The second-order valence-electron chi connectivity index (χ2n) is 3.67. The van der Waals surface area contributed by atoms with Crippen molar-refractivity contribution < 1.29 is 5.11 Å². The molecule has 0 aliphatic rings. The minimum atomic E-state index is -0.651. The Labute approximate surface area is 107 Å². The maximum atomic E-state index is 10.2. The summed E-state index contributed by atoms with van der Waals surface area (Å²) >= 11 is 5.00. The average molecular weight is 298 g/mol. The number of rotatable bonds is 2. The number of anilines is 1. The maximum Gasteiger partial charge on any atom is 0.107 e. The number of hydrogen-bond acceptors (Lipinski definition) is 3. The minimum Gasteiger partial charge on any atom is -0.398 e. The molecular formula is C12H12BrNOS. The van der Waals surface area contributed by atoms with E-state index in [2.05, 4.69) is 15.9 Å². The lowest BCUT2D eigenvalue weighted by molar-refractivity contribution is 0.221. The molecule has 1 aromatic heterocycles. The highest BCUT2D eigenvalue weighted by Gasteiger charge is 2.14. The van der Waals surface area contributed by atoms with Crippen LogP contribution in [0.15, 0.2) is 34.1 Å². The molecule has 2 nitrogen and oxygen atoms in total. The van der Waals surface area contributed by atoms with E-state index in [1.165, 1.54) is 4.88 Å². The van der Waals surface area contributed by atoms with Crippen molar-refractivity contribution in [2.75, 3.05) is 5.73 Å². The Bertz CT molecular complexity index is 509. The highest BCUT2D eigenvalue weighted by atomic mass is 79.9. The summed E-state index contributed by atoms with van der Waals surface area (Å²) < 4.78 is 0.919. The summed E-state index contributed by atoms with van der Waals surface area (Å²) in [5, 5.41) is 12.2. The Morgan fingerprint density at radius 1 is 1.38 bits per heavy atom. The molecule has 2 aromatic rings. The molecule has 0 saturated heterocycles. The van der Waals surface area contributed by atoms with Crippen LogP contribution in [0.25, 0.3) is 0 Å². The smallest absolute Gasteiger partial charge is 0.107 e. The monoisotopic (exact) mass is 297 g/mol. The molecule has 0 aliphatic heterocycles. The Hall–Kier alpha value is -0.840. The van der Waals surface area contributed by atoms with Crippen LogP contribution in [0.2, 0.25) is 0 Å². The molecule has 0 spiro atoms. The lowest BCUT2D eigenvalue weighted by atomic mass is 10.0. The molecule has 3 N–H and O–H groups in total. The Balaban J connectivity index is 2.40. The van der Waals surface area contributed by atoms with Crippen molar-refractivity contribution in [1.29, 1.82) is 0 Å². The van der Waals surface area contributed by atoms with E-state index in [0.717, 1.165) is 15.6 Å². The predicted molar refractivity (Wildman–Crippen MR) is 71.7 cm³/mol. The van der Waals surface area contributed by atoms with Crippen LogP contribution in [0.5, 0.6) is 0 Å². The van der Waals surface area contributed by atoms with E-state index >= 15 is 0 Å². The van der Waals surface area contributed by atoms with Gasteiger partial charge in [0.15, 0.2) is 0 Å². The van der Waals surface area contributed by atoms with Crippen LogP contribution in [0.3, 0.4) is 0 Å². The third-order valence-electron chi connectivity index (χ3n) is 2.41. The van der Waals surface area contributed by atoms with Gasteiger partial charge >= 0.3 is 0 Å². The van der Waals surface area contributed by atoms with E-state index in [1.807, 2.05) is 30.5 Å². The first kappa shape index (κ1) is 11.6. The lowest BCUT2D eigenvalue weighted by Crippen LogP contribution is -2.02. The van der Waals surface area contributed by atoms with Gasteiger partial charge < -0.3 is 10.8 Å². The quantitative estimate of drug-likeness (QED) is 0.834. The van der Waals surface area contributed by atoms with Gasteiger partial charge in [-0.05, 0) is 42.1 Å². The average Bonchev–Trinajstić information content (AvgIpc) is 2.67. The summed E-state index contributed by atoms with van der Waals surface area (Å²) in [7, 11) is 0. The van der Waals surface area contributed by atoms with Crippen LogP contribution in [0.1, 0.15) is 22.1 Å². The molecular weight excluding hydrogens is 286 g/mol. The largest absolute Gasteiger partial charge is 0.398 e. The van der Waals surface area contributed by atoms with Crippen molar-refractivity contribution in [2.24, 2.45) is 0 Å². The maximum absolute atomic E-state index is 10.2. The van der Waals surface area contributed by atoms with Crippen molar-refractivity contribution in [3.05, 3.63) is 50.1 Å². The molecule has 0 aliphatic carbocycles. The zero-order valence-corrected chi connectivity index (χ0v) is 11.2. The summed E-state index contributed by atoms with van der Waals surface area (Å²) in [4.78, 5) is 1.18. The summed E-state index contributed by atoms with van der Waals surface area (Å²) in [6, 6.07) is 7.50. The van der Waals surface area contributed by atoms with E-state index in [1.54, 1.807) is 17.4 Å². The van der Waals surface area contributed by atoms with Crippen LogP contribution in [0, 0.1) is 6.92 Å². The summed E-state index contributed by atoms with van der Waals surface area (Å²) in [5.41, 5.74) is 8.11. The molecule has 1 atom stereocenters. The van der Waals surface area contributed by atoms with Crippen LogP contribution in [0.4, 0.5) is 5.69 Å². The highest BCUT2D eigenvalue weighted by molar-refractivity contribution is 9.10. The SMILES string of the molecule is Cc1cc(C(O)c2cc(Br)ccc2N)cs1. The lowest BCUT2D eigenvalue weighted by Gasteiger charge is -2.12. The van der Waals surface area contributed by atoms with Crippen molar-refractivity contribution >= 4 is 33.0 Å². The molecule has 16 heavy (non-hydrogen) atoms. The molecule has 0 saturated carbocycles. The first-order valence-corrected chi connectivity index (χ1v) is 6.53. The number of benzene rings is 1. The summed E-state index contributed by atoms with van der Waals surface area (Å²) in [6.45, 7) is 2.02. The second-order valence-corrected chi connectivity index (χ2v) is 5.70. The van der Waals surface area contributed by atoms with Crippen molar-refractivity contribution in [1.82, 2.24) is 0 Å². The zero-order chi connectivity index (χ0) is 11.7. The Morgan fingerprint density at radius 2 is 2.12 bits per heavy atom. The van der Waals surface area contributed by atoms with Crippen LogP contribution < -0.4 is 5.73 Å². The standard InChI is InChI=1S/C12H12BrNOS/c1-7-4-8(6-16-7)12(15)10-5-9(13)2-3-11(10)14/h2-6,12,15H,14H2,1H3. The van der Waals surface area contributed by atoms with E-state index in [4.69, 9.17) is 5.73 Å². The van der Waals surface area contributed by atoms with E-state index in [0.29, 0.717) is 5.69 Å². The van der Waals surface area contributed by atoms with Gasteiger partial charge in [-0.3, -0.25) is 0 Å². The summed E-state index contributed by atoms with van der Waals surface area (Å²) in [5.74, 6) is 0. The van der Waals surface area contributed by atoms with Gasteiger partial charge in [0.25, 0.3) is 0 Å². The topological polar surface area (TPSA) is 46.2 Å². The molecule has 0 fully saturated rings. The fraction of sp³-hybridized carbons (Fsp3) is 0.167. The molecule has 0 amide bonds. The molecule has 4 heteroatoms. The molecule has 2 rings (SSSR count). The third-order valence-corrected chi connectivity index (χ3v) is 3.78. The fourth-order valence-corrected chi connectivity index (χ4v) is 2.67. The number of hydrogen-bond donors (Lipinski definition) is 2. The minimum absolute atomic E-state index is 0.611. The molecule has 84 valence electrons. The number of aryl methyl sites for hydroxylation is 1. The predicted octanol–water partition coefficient (Wildman–Crippen LogP) is 3.48. The Morgan fingerprint density at radius 3 is 2.75 bits per heavy atom. The normalized spacial score (nSPS) is 12.7. The van der Waals surface area contributed by atoms with E-state index in [9.17, 15) is 5.11 Å². The molecule has 1 heterocycles. The first-order valence-electron chi connectivity index (χ1n) is 4.86. The van der Waals surface area contributed by atoms with Crippen LogP contribution in [-0.2, 0) is 0 Å². The Kier molecular flexibility index (Phi) is 3.33. The molecule has 0 bridgehead atoms. The van der Waals surface area contributed by atoms with E-state index in [-0.39, 0.29) is 0 Å². The van der Waals surface area contributed by atoms with E-state index < -0.39 is 6.10 Å². The molecule has 1 unspecified atom stereocenters. The van der Waals surface area contributed by atoms with Crippen LogP contribution >= 0.6 is 27.3 Å². The number of nitrogen functional groups attached to an aromatic ring is 1. The molecule has 0 radical (unpaired) electrons. The number of aliphatic hydroxyl groups excluding tert-OH is 1. The van der Waals surface area contributed by atoms with Crippen molar-refractivity contribution in [2.45, 2.75) is 13.0 Å².